The van der Waals surface area contributed by atoms with Crippen LogP contribution in [-0.4, -0.2) is 59.0 Å². The van der Waals surface area contributed by atoms with Crippen LogP contribution in [0.1, 0.15) is 93.0 Å². The normalized spacial score (nSPS) is 31.8. The molecule has 1 saturated heterocycles. The molecule has 6 nitrogen and oxygen atoms in total. The predicted octanol–water partition coefficient (Wildman–Crippen LogP) is 5.25. The van der Waals surface area contributed by atoms with Crippen molar-refractivity contribution in [1.29, 1.82) is 0 Å². The lowest BCUT2D eigenvalue weighted by molar-refractivity contribution is -0.136. The number of nitrogens with one attached hydrogen (secondary N) is 1. The fourth-order valence-electron chi connectivity index (χ4n) is 8.59. The van der Waals surface area contributed by atoms with E-state index >= 15 is 0 Å². The van der Waals surface area contributed by atoms with Crippen molar-refractivity contribution < 1.29 is 14.4 Å². The summed E-state index contributed by atoms with van der Waals surface area (Å²) in [5.41, 5.74) is 1.69. The van der Waals surface area contributed by atoms with Crippen molar-refractivity contribution in [2.24, 2.45) is 23.7 Å². The maximum atomic E-state index is 12.9. The van der Waals surface area contributed by atoms with Gasteiger partial charge in [0, 0.05) is 29.5 Å². The molecule has 0 aromatic heterocycles. The molecule has 1 aromatic rings. The highest BCUT2D eigenvalue weighted by Gasteiger charge is 2.49. The highest BCUT2D eigenvalue weighted by molar-refractivity contribution is 7.99. The van der Waals surface area contributed by atoms with E-state index in [-0.39, 0.29) is 24.1 Å². The number of nitrogens with zero attached hydrogens (tertiary/aromatic N) is 2. The van der Waals surface area contributed by atoms with E-state index in [1.54, 1.807) is 4.90 Å². The van der Waals surface area contributed by atoms with Gasteiger partial charge in [-0.1, -0.05) is 19.3 Å². The third-order valence-corrected chi connectivity index (χ3v) is 11.2. The largest absolute Gasteiger partial charge is 0.322 e. The summed E-state index contributed by atoms with van der Waals surface area (Å²) < 4.78 is 0. The first-order valence-corrected chi connectivity index (χ1v) is 16.1. The maximum Gasteiger partial charge on any atom is 0.255 e. The number of carbonyl (C=O) groups excluding carboxylic acids is 3. The lowest BCUT2D eigenvalue weighted by atomic mass is 9.54. The molecule has 1 atom stereocenters. The fourth-order valence-corrected chi connectivity index (χ4v) is 9.56. The molecule has 7 rings (SSSR count). The zero-order chi connectivity index (χ0) is 26.2. The highest BCUT2D eigenvalue weighted by Crippen LogP contribution is 2.55. The third kappa shape index (κ3) is 5.42. The number of rotatable bonds is 11. The summed E-state index contributed by atoms with van der Waals surface area (Å²) in [6.07, 6.45) is 14.8. The first-order chi connectivity index (χ1) is 18.5. The van der Waals surface area contributed by atoms with Crippen LogP contribution in [0.3, 0.4) is 0 Å². The van der Waals surface area contributed by atoms with E-state index < -0.39 is 6.04 Å². The zero-order valence-corrected chi connectivity index (χ0v) is 23.6. The van der Waals surface area contributed by atoms with Crippen molar-refractivity contribution in [3.05, 3.63) is 29.3 Å². The van der Waals surface area contributed by atoms with Gasteiger partial charge in [-0.15, -0.1) is 11.8 Å². The second-order valence-electron chi connectivity index (χ2n) is 12.7. The van der Waals surface area contributed by atoms with Gasteiger partial charge in [-0.25, -0.2) is 0 Å². The number of benzene rings is 1. The number of thioether (sulfide) groups is 1. The van der Waals surface area contributed by atoms with Crippen LogP contribution in [0.25, 0.3) is 0 Å². The average molecular weight is 538 g/mol. The van der Waals surface area contributed by atoms with Gasteiger partial charge in [0.05, 0.1) is 0 Å². The molecule has 1 N–H and O–H groups in total. The molecule has 1 unspecified atom stereocenters. The van der Waals surface area contributed by atoms with Crippen LogP contribution >= 0.6 is 11.8 Å². The van der Waals surface area contributed by atoms with E-state index in [0.29, 0.717) is 18.5 Å². The quantitative estimate of drug-likeness (QED) is 0.237. The Hall–Kier alpha value is -1.86. The average Bonchev–Trinajstić information content (AvgIpc) is 3.20. The molecule has 2 heterocycles. The zero-order valence-electron chi connectivity index (χ0n) is 22.8. The van der Waals surface area contributed by atoms with Gasteiger partial charge in [0.25, 0.3) is 5.91 Å². The lowest BCUT2D eigenvalue weighted by Gasteiger charge is -2.56. The fraction of sp³-hybridized carbons (Fsp3) is 0.710. The number of imide groups is 1. The SMILES string of the molecule is CN(CCCCCCCSc1ccc2c(c1)CN(C1CCC(=O)NC1=O)C2=O)C1C2CC3CC(C2)CC1C3. The van der Waals surface area contributed by atoms with Crippen LogP contribution in [0.15, 0.2) is 23.1 Å². The second-order valence-corrected chi connectivity index (χ2v) is 13.9. The van der Waals surface area contributed by atoms with Gasteiger partial charge in [0.2, 0.25) is 11.8 Å². The monoisotopic (exact) mass is 537 g/mol. The van der Waals surface area contributed by atoms with Gasteiger partial charge in [-0.05, 0) is 118 Å². The van der Waals surface area contributed by atoms with Gasteiger partial charge < -0.3 is 9.80 Å². The summed E-state index contributed by atoms with van der Waals surface area (Å²) in [7, 11) is 2.40. The number of carbonyl (C=O) groups is 3. The van der Waals surface area contributed by atoms with Crippen LogP contribution in [0, 0.1) is 23.7 Å². The topological polar surface area (TPSA) is 69.7 Å². The molecule has 4 saturated carbocycles. The van der Waals surface area contributed by atoms with Crippen LogP contribution in [0.4, 0.5) is 0 Å². The molecule has 0 spiro atoms. The predicted molar refractivity (Wildman–Crippen MR) is 150 cm³/mol. The van der Waals surface area contributed by atoms with Crippen molar-refractivity contribution in [2.45, 2.75) is 101 Å². The molecule has 0 radical (unpaired) electrons. The summed E-state index contributed by atoms with van der Waals surface area (Å²) in [6.45, 7) is 1.72. The van der Waals surface area contributed by atoms with E-state index in [0.717, 1.165) is 41.0 Å². The Morgan fingerprint density at radius 1 is 0.947 bits per heavy atom. The van der Waals surface area contributed by atoms with Crippen molar-refractivity contribution >= 4 is 29.5 Å². The molecule has 5 fully saturated rings. The summed E-state index contributed by atoms with van der Waals surface area (Å²) in [5.74, 6) is 4.50. The van der Waals surface area contributed by atoms with Crippen molar-refractivity contribution in [3.63, 3.8) is 0 Å². The molecule has 2 aliphatic heterocycles. The Bertz CT molecular complexity index is 1050. The number of unbranched alkanes of at least 4 members (excludes halogenated alkanes) is 4. The van der Waals surface area contributed by atoms with Crippen LogP contribution < -0.4 is 5.32 Å². The van der Waals surface area contributed by atoms with Gasteiger partial charge in [-0.2, -0.15) is 0 Å². The van der Waals surface area contributed by atoms with E-state index in [1.807, 2.05) is 23.9 Å². The van der Waals surface area contributed by atoms with E-state index in [2.05, 4.69) is 23.3 Å². The number of fused-ring (bicyclic) bond motifs is 1. The molecule has 6 aliphatic rings. The Morgan fingerprint density at radius 3 is 2.39 bits per heavy atom. The number of piperidine rings is 1. The Balaban J connectivity index is 0.875. The summed E-state index contributed by atoms with van der Waals surface area (Å²) in [5, 5.41) is 2.37. The first-order valence-electron chi connectivity index (χ1n) is 15.1. The van der Waals surface area contributed by atoms with E-state index in [4.69, 9.17) is 0 Å². The Labute approximate surface area is 231 Å². The number of amides is 3. The van der Waals surface area contributed by atoms with Crippen LogP contribution in [0.2, 0.25) is 0 Å². The molecular formula is C31H43N3O3S. The highest BCUT2D eigenvalue weighted by atomic mass is 32.2. The second kappa shape index (κ2) is 11.3. The van der Waals surface area contributed by atoms with Crippen molar-refractivity contribution in [2.75, 3.05) is 19.3 Å². The van der Waals surface area contributed by atoms with Gasteiger partial charge in [-0.3, -0.25) is 19.7 Å². The first kappa shape index (κ1) is 26.4. The number of hydrogen-bond acceptors (Lipinski definition) is 5. The number of hydrogen-bond donors (Lipinski definition) is 1. The van der Waals surface area contributed by atoms with E-state index in [9.17, 15) is 14.4 Å². The standard InChI is InChI=1S/C31H43N3O3S/c1-33(29-22-14-20-13-21(16-22)17-23(29)15-20)11-5-3-2-4-6-12-38-25-7-8-26-24(18-25)19-34(31(26)37)27-9-10-28(35)32-30(27)36/h7-8,18,20-23,27,29H,2-6,9-17,19H2,1H3,(H,32,35,36). The molecular weight excluding hydrogens is 494 g/mol. The minimum Gasteiger partial charge on any atom is -0.322 e. The molecule has 206 valence electrons. The maximum absolute atomic E-state index is 12.9. The van der Waals surface area contributed by atoms with Gasteiger partial charge in [0.1, 0.15) is 6.04 Å². The van der Waals surface area contributed by atoms with Gasteiger partial charge >= 0.3 is 0 Å². The summed E-state index contributed by atoms with van der Waals surface area (Å²) in [6, 6.07) is 6.39. The molecule has 4 bridgehead atoms. The smallest absolute Gasteiger partial charge is 0.255 e. The van der Waals surface area contributed by atoms with Crippen LogP contribution in [-0.2, 0) is 16.1 Å². The van der Waals surface area contributed by atoms with Crippen molar-refractivity contribution in [1.82, 2.24) is 15.1 Å². The molecule has 1 aromatic carbocycles. The van der Waals surface area contributed by atoms with Crippen LogP contribution in [0.5, 0.6) is 0 Å². The Morgan fingerprint density at radius 2 is 1.66 bits per heavy atom. The lowest BCUT2D eigenvalue weighted by Crippen LogP contribution is -2.55. The Kier molecular flexibility index (Phi) is 7.86. The van der Waals surface area contributed by atoms with Crippen molar-refractivity contribution in [3.8, 4) is 0 Å². The van der Waals surface area contributed by atoms with E-state index in [1.165, 1.54) is 75.6 Å². The molecule has 3 amide bonds. The molecule has 7 heteroatoms. The summed E-state index contributed by atoms with van der Waals surface area (Å²) in [4.78, 5) is 42.1. The summed E-state index contributed by atoms with van der Waals surface area (Å²) >= 11 is 1.86. The molecule has 38 heavy (non-hydrogen) atoms. The molecule has 4 aliphatic carbocycles. The minimum atomic E-state index is -0.545. The van der Waals surface area contributed by atoms with Gasteiger partial charge in [0.15, 0.2) is 0 Å². The third-order valence-electron chi connectivity index (χ3n) is 10.1. The minimum absolute atomic E-state index is 0.0972.